The molecular weight excluding hydrogens is 332 g/mol. The summed E-state index contributed by atoms with van der Waals surface area (Å²) in [5.41, 5.74) is 1.23. The van der Waals surface area contributed by atoms with Gasteiger partial charge >= 0.3 is 0 Å². The van der Waals surface area contributed by atoms with Crippen molar-refractivity contribution in [1.29, 1.82) is 0 Å². The van der Waals surface area contributed by atoms with Crippen LogP contribution >= 0.6 is 15.9 Å². The monoisotopic (exact) mass is 356 g/mol. The highest BCUT2D eigenvalue weighted by molar-refractivity contribution is 9.10. The van der Waals surface area contributed by atoms with Gasteiger partial charge in [-0.3, -0.25) is 4.79 Å². The van der Waals surface area contributed by atoms with Crippen molar-refractivity contribution in [3.8, 4) is 5.75 Å². The minimum absolute atomic E-state index is 0.134. The van der Waals surface area contributed by atoms with E-state index in [0.29, 0.717) is 13.0 Å². The van der Waals surface area contributed by atoms with E-state index in [-0.39, 0.29) is 5.91 Å². The van der Waals surface area contributed by atoms with Gasteiger partial charge in [0.05, 0.1) is 11.1 Å². The summed E-state index contributed by atoms with van der Waals surface area (Å²) in [4.78, 5) is 13.1. The third kappa shape index (κ3) is 6.96. The number of carbonyl (C=O) groups is 1. The Morgan fingerprint density at radius 2 is 2.14 bits per heavy atom. The summed E-state index contributed by atoms with van der Waals surface area (Å²) in [6, 6.07) is 6.11. The number of halogens is 1. The highest BCUT2D eigenvalue weighted by Crippen LogP contribution is 2.26. The van der Waals surface area contributed by atoms with Crippen LogP contribution in [0.5, 0.6) is 5.75 Å². The molecule has 0 spiro atoms. The quantitative estimate of drug-likeness (QED) is 0.690. The summed E-state index contributed by atoms with van der Waals surface area (Å²) in [5.74, 6) is 0.960. The van der Waals surface area contributed by atoms with Crippen LogP contribution in [0, 0.1) is 0 Å². The van der Waals surface area contributed by atoms with E-state index < -0.39 is 0 Å². The van der Waals surface area contributed by atoms with Crippen molar-refractivity contribution in [1.82, 2.24) is 10.2 Å². The average Bonchev–Trinajstić information content (AvgIpc) is 2.45. The van der Waals surface area contributed by atoms with Gasteiger partial charge in [0, 0.05) is 27.1 Å². The molecule has 0 aliphatic heterocycles. The van der Waals surface area contributed by atoms with Crippen LogP contribution in [0.1, 0.15) is 31.7 Å². The molecule has 1 aromatic carbocycles. The SMILES string of the molecule is CCCNCc1ccc(OCCCC(=O)N(C)C)c(Br)c1. The number of ether oxygens (including phenoxy) is 1. The van der Waals surface area contributed by atoms with Gasteiger partial charge < -0.3 is 15.0 Å². The molecule has 0 aliphatic carbocycles. The van der Waals surface area contributed by atoms with Crippen LogP contribution in [-0.2, 0) is 11.3 Å². The van der Waals surface area contributed by atoms with Gasteiger partial charge in [0.2, 0.25) is 5.91 Å². The third-order valence-electron chi connectivity index (χ3n) is 3.04. The van der Waals surface area contributed by atoms with E-state index in [1.165, 1.54) is 5.56 Å². The Hall–Kier alpha value is -1.07. The largest absolute Gasteiger partial charge is 0.492 e. The molecule has 0 heterocycles. The maximum absolute atomic E-state index is 11.4. The molecule has 0 saturated heterocycles. The number of nitrogens with one attached hydrogen (secondary N) is 1. The Balaban J connectivity index is 2.37. The van der Waals surface area contributed by atoms with E-state index >= 15 is 0 Å². The molecule has 0 aliphatic rings. The molecule has 21 heavy (non-hydrogen) atoms. The van der Waals surface area contributed by atoms with Gasteiger partial charge in [0.15, 0.2) is 0 Å². The van der Waals surface area contributed by atoms with Crippen molar-refractivity contribution >= 4 is 21.8 Å². The first kappa shape index (κ1) is 18.0. The maximum Gasteiger partial charge on any atom is 0.222 e. The second-order valence-corrected chi connectivity index (χ2v) is 6.04. The molecule has 1 amide bonds. The molecule has 1 N–H and O–H groups in total. The normalized spacial score (nSPS) is 10.5. The molecule has 0 saturated carbocycles. The van der Waals surface area contributed by atoms with Crippen LogP contribution in [0.3, 0.4) is 0 Å². The van der Waals surface area contributed by atoms with Gasteiger partial charge in [-0.15, -0.1) is 0 Å². The Morgan fingerprint density at radius 3 is 2.76 bits per heavy atom. The summed E-state index contributed by atoms with van der Waals surface area (Å²) in [6.45, 7) is 4.59. The lowest BCUT2D eigenvalue weighted by Gasteiger charge is -2.12. The maximum atomic E-state index is 11.4. The van der Waals surface area contributed by atoms with Crippen LogP contribution < -0.4 is 10.1 Å². The number of nitrogens with zero attached hydrogens (tertiary/aromatic N) is 1. The van der Waals surface area contributed by atoms with E-state index in [4.69, 9.17) is 4.74 Å². The topological polar surface area (TPSA) is 41.6 Å². The van der Waals surface area contributed by atoms with Crippen LogP contribution in [0.4, 0.5) is 0 Å². The molecule has 1 aromatic rings. The van der Waals surface area contributed by atoms with Gasteiger partial charge in [-0.25, -0.2) is 0 Å². The first-order valence-electron chi connectivity index (χ1n) is 7.36. The standard InChI is InChI=1S/C16H25BrN2O2/c1-4-9-18-12-13-7-8-15(14(17)11-13)21-10-5-6-16(20)19(2)3/h7-8,11,18H,4-6,9-10,12H2,1-3H3. The zero-order valence-electron chi connectivity index (χ0n) is 13.1. The fourth-order valence-electron chi connectivity index (χ4n) is 1.81. The highest BCUT2D eigenvalue weighted by atomic mass is 79.9. The molecule has 1 rings (SSSR count). The lowest BCUT2D eigenvalue weighted by atomic mass is 10.2. The molecule has 0 radical (unpaired) electrons. The van der Waals surface area contributed by atoms with E-state index in [1.54, 1.807) is 19.0 Å². The van der Waals surface area contributed by atoms with E-state index in [1.807, 2.05) is 6.07 Å². The van der Waals surface area contributed by atoms with Crippen molar-refractivity contribution in [2.75, 3.05) is 27.2 Å². The molecular formula is C16H25BrN2O2. The van der Waals surface area contributed by atoms with E-state index in [9.17, 15) is 4.79 Å². The predicted octanol–water partition coefficient (Wildman–Crippen LogP) is 3.20. The highest BCUT2D eigenvalue weighted by Gasteiger charge is 2.05. The predicted molar refractivity (Wildman–Crippen MR) is 89.6 cm³/mol. The Kier molecular flexibility index (Phi) is 8.38. The number of hydrogen-bond donors (Lipinski definition) is 1. The minimum atomic E-state index is 0.134. The average molecular weight is 357 g/mol. The molecule has 0 fully saturated rings. The van der Waals surface area contributed by atoms with Crippen molar-refractivity contribution in [2.24, 2.45) is 0 Å². The molecule has 4 nitrogen and oxygen atoms in total. The molecule has 118 valence electrons. The fraction of sp³-hybridized carbons (Fsp3) is 0.562. The summed E-state index contributed by atoms with van der Waals surface area (Å²) >= 11 is 3.53. The van der Waals surface area contributed by atoms with Crippen molar-refractivity contribution < 1.29 is 9.53 Å². The smallest absolute Gasteiger partial charge is 0.222 e. The van der Waals surface area contributed by atoms with Crippen molar-refractivity contribution in [3.63, 3.8) is 0 Å². The van der Waals surface area contributed by atoms with Gasteiger partial charge in [0.25, 0.3) is 0 Å². The summed E-state index contributed by atoms with van der Waals surface area (Å²) in [6.07, 6.45) is 2.38. The molecule has 5 heteroatoms. The zero-order chi connectivity index (χ0) is 15.7. The summed E-state index contributed by atoms with van der Waals surface area (Å²) in [7, 11) is 3.54. The van der Waals surface area contributed by atoms with Gasteiger partial charge in [-0.05, 0) is 53.0 Å². The van der Waals surface area contributed by atoms with Crippen LogP contribution in [-0.4, -0.2) is 38.1 Å². The van der Waals surface area contributed by atoms with Gasteiger partial charge in [-0.2, -0.15) is 0 Å². The molecule has 0 unspecified atom stereocenters. The van der Waals surface area contributed by atoms with Crippen LogP contribution in [0.2, 0.25) is 0 Å². The second-order valence-electron chi connectivity index (χ2n) is 5.18. The van der Waals surface area contributed by atoms with Crippen molar-refractivity contribution in [2.45, 2.75) is 32.7 Å². The number of benzene rings is 1. The number of hydrogen-bond acceptors (Lipinski definition) is 3. The minimum Gasteiger partial charge on any atom is -0.492 e. The van der Waals surface area contributed by atoms with E-state index in [2.05, 4.69) is 40.3 Å². The van der Waals surface area contributed by atoms with E-state index in [0.717, 1.165) is 36.2 Å². The lowest BCUT2D eigenvalue weighted by molar-refractivity contribution is -0.128. The fourth-order valence-corrected chi connectivity index (χ4v) is 2.35. The Morgan fingerprint density at radius 1 is 1.38 bits per heavy atom. The number of carbonyl (C=O) groups excluding carboxylic acids is 1. The first-order chi connectivity index (χ1) is 10.0. The van der Waals surface area contributed by atoms with Crippen LogP contribution in [0.25, 0.3) is 0 Å². The van der Waals surface area contributed by atoms with Crippen molar-refractivity contribution in [3.05, 3.63) is 28.2 Å². The summed E-state index contributed by atoms with van der Waals surface area (Å²) < 4.78 is 6.67. The van der Waals surface area contributed by atoms with Crippen LogP contribution in [0.15, 0.2) is 22.7 Å². The third-order valence-corrected chi connectivity index (χ3v) is 3.66. The Labute approximate surface area is 136 Å². The second kappa shape index (κ2) is 9.79. The summed E-state index contributed by atoms with van der Waals surface area (Å²) in [5, 5.41) is 3.37. The lowest BCUT2D eigenvalue weighted by Crippen LogP contribution is -2.21. The Bertz CT molecular complexity index is 450. The zero-order valence-corrected chi connectivity index (χ0v) is 14.7. The molecule has 0 atom stereocenters. The number of rotatable bonds is 9. The first-order valence-corrected chi connectivity index (χ1v) is 8.16. The molecule has 0 bridgehead atoms. The molecule has 0 aromatic heterocycles. The van der Waals surface area contributed by atoms with Gasteiger partial charge in [0.1, 0.15) is 5.75 Å². The number of amides is 1. The van der Waals surface area contributed by atoms with Gasteiger partial charge in [-0.1, -0.05) is 13.0 Å².